The van der Waals surface area contributed by atoms with E-state index in [2.05, 4.69) is 14.7 Å². The number of carbonyl (C=O) groups excluding carboxylic acids is 1. The van der Waals surface area contributed by atoms with Crippen LogP contribution < -0.4 is 10.3 Å². The highest BCUT2D eigenvalue weighted by Crippen LogP contribution is 2.18. The third-order valence-corrected chi connectivity index (χ3v) is 5.36. The smallest absolute Gasteiger partial charge is 0.338 e. The number of hydrogen-bond acceptors (Lipinski definition) is 6. The SMILES string of the molecule is CNS(=O)(=O)c1cccc(C(=O)O[C@@H](C)c2nc3ccccc3c(=O)[nH]2)c1. The summed E-state index contributed by atoms with van der Waals surface area (Å²) in [5.41, 5.74) is 0.225. The first-order valence-electron chi connectivity index (χ1n) is 8.05. The Morgan fingerprint density at radius 2 is 1.93 bits per heavy atom. The van der Waals surface area contributed by atoms with Gasteiger partial charge < -0.3 is 9.72 Å². The lowest BCUT2D eigenvalue weighted by molar-refractivity contribution is 0.0319. The minimum atomic E-state index is -3.68. The molecule has 0 aliphatic rings. The Bertz CT molecular complexity index is 1170. The zero-order chi connectivity index (χ0) is 19.6. The van der Waals surface area contributed by atoms with Gasteiger partial charge in [-0.15, -0.1) is 0 Å². The number of sulfonamides is 1. The number of rotatable bonds is 5. The van der Waals surface area contributed by atoms with Crippen molar-refractivity contribution in [1.29, 1.82) is 0 Å². The van der Waals surface area contributed by atoms with E-state index in [-0.39, 0.29) is 21.8 Å². The van der Waals surface area contributed by atoms with Crippen molar-refractivity contribution in [2.45, 2.75) is 17.9 Å². The van der Waals surface area contributed by atoms with Crippen molar-refractivity contribution in [2.24, 2.45) is 0 Å². The third kappa shape index (κ3) is 3.88. The number of aromatic nitrogens is 2. The van der Waals surface area contributed by atoms with E-state index in [0.29, 0.717) is 10.9 Å². The molecule has 140 valence electrons. The number of H-pyrrole nitrogens is 1. The van der Waals surface area contributed by atoms with Crippen LogP contribution in [0, 0.1) is 0 Å². The fraction of sp³-hybridized carbons (Fsp3) is 0.167. The van der Waals surface area contributed by atoms with Crippen LogP contribution in [0.1, 0.15) is 29.2 Å². The molecule has 0 saturated carbocycles. The van der Waals surface area contributed by atoms with Gasteiger partial charge in [0.05, 0.1) is 21.4 Å². The fourth-order valence-electron chi connectivity index (χ4n) is 2.49. The van der Waals surface area contributed by atoms with Crippen LogP contribution in [0.3, 0.4) is 0 Å². The molecule has 0 saturated heterocycles. The lowest BCUT2D eigenvalue weighted by Gasteiger charge is -2.13. The van der Waals surface area contributed by atoms with Gasteiger partial charge in [0, 0.05) is 0 Å². The highest BCUT2D eigenvalue weighted by molar-refractivity contribution is 7.89. The largest absolute Gasteiger partial charge is 0.451 e. The number of nitrogens with one attached hydrogen (secondary N) is 2. The number of carbonyl (C=O) groups is 1. The van der Waals surface area contributed by atoms with Gasteiger partial charge in [-0.3, -0.25) is 4.79 Å². The van der Waals surface area contributed by atoms with Gasteiger partial charge in [-0.2, -0.15) is 0 Å². The maximum Gasteiger partial charge on any atom is 0.338 e. The van der Waals surface area contributed by atoms with E-state index in [9.17, 15) is 18.0 Å². The topological polar surface area (TPSA) is 118 Å². The van der Waals surface area contributed by atoms with Gasteiger partial charge in [-0.1, -0.05) is 18.2 Å². The van der Waals surface area contributed by atoms with E-state index < -0.39 is 22.1 Å². The molecule has 0 bridgehead atoms. The quantitative estimate of drug-likeness (QED) is 0.644. The molecule has 3 rings (SSSR count). The number of benzene rings is 2. The van der Waals surface area contributed by atoms with Crippen LogP contribution in [-0.2, 0) is 14.8 Å². The molecule has 1 heterocycles. The zero-order valence-electron chi connectivity index (χ0n) is 14.6. The molecule has 0 spiro atoms. The van der Waals surface area contributed by atoms with Gasteiger partial charge in [0.15, 0.2) is 11.9 Å². The van der Waals surface area contributed by atoms with Gasteiger partial charge >= 0.3 is 5.97 Å². The Morgan fingerprint density at radius 3 is 2.67 bits per heavy atom. The molecule has 8 nitrogen and oxygen atoms in total. The summed E-state index contributed by atoms with van der Waals surface area (Å²) in [7, 11) is -2.40. The number of fused-ring (bicyclic) bond motifs is 1. The molecular formula is C18H17N3O5S. The van der Waals surface area contributed by atoms with Crippen molar-refractivity contribution >= 4 is 26.9 Å². The molecule has 2 N–H and O–H groups in total. The van der Waals surface area contributed by atoms with E-state index in [1.54, 1.807) is 31.2 Å². The maximum atomic E-state index is 12.4. The molecule has 0 fully saturated rings. The molecular weight excluding hydrogens is 370 g/mol. The van der Waals surface area contributed by atoms with Crippen molar-refractivity contribution in [3.63, 3.8) is 0 Å². The summed E-state index contributed by atoms with van der Waals surface area (Å²) in [5.74, 6) is -0.530. The van der Waals surface area contributed by atoms with E-state index in [4.69, 9.17) is 4.74 Å². The van der Waals surface area contributed by atoms with Crippen LogP contribution >= 0.6 is 0 Å². The summed E-state index contributed by atoms with van der Waals surface area (Å²) < 4.78 is 31.3. The maximum absolute atomic E-state index is 12.4. The second-order valence-corrected chi connectivity index (χ2v) is 7.64. The van der Waals surface area contributed by atoms with Crippen LogP contribution in [0.2, 0.25) is 0 Å². The zero-order valence-corrected chi connectivity index (χ0v) is 15.4. The molecule has 2 aromatic carbocycles. The van der Waals surface area contributed by atoms with Crippen LogP contribution in [-0.4, -0.2) is 31.4 Å². The number of para-hydroxylation sites is 1. The summed E-state index contributed by atoms with van der Waals surface area (Å²) in [6.07, 6.45) is -0.834. The Balaban J connectivity index is 1.86. The summed E-state index contributed by atoms with van der Waals surface area (Å²) in [6, 6.07) is 12.3. The fourth-order valence-corrected chi connectivity index (χ4v) is 3.27. The second-order valence-electron chi connectivity index (χ2n) is 5.75. The van der Waals surface area contributed by atoms with Crippen molar-refractivity contribution in [1.82, 2.24) is 14.7 Å². The first-order valence-corrected chi connectivity index (χ1v) is 9.53. The average molecular weight is 387 g/mol. The number of hydrogen-bond donors (Lipinski definition) is 2. The van der Waals surface area contributed by atoms with E-state index in [0.717, 1.165) is 0 Å². The molecule has 0 aliphatic heterocycles. The summed E-state index contributed by atoms with van der Waals surface area (Å²) in [5, 5.41) is 0.435. The number of aromatic amines is 1. The van der Waals surface area contributed by atoms with Gasteiger partial charge in [0.1, 0.15) is 0 Å². The molecule has 0 radical (unpaired) electrons. The normalized spacial score (nSPS) is 12.7. The molecule has 0 unspecified atom stereocenters. The van der Waals surface area contributed by atoms with Crippen molar-refractivity contribution in [2.75, 3.05) is 7.05 Å². The van der Waals surface area contributed by atoms with Gasteiger partial charge in [-0.25, -0.2) is 22.9 Å². The second kappa shape index (κ2) is 7.29. The van der Waals surface area contributed by atoms with Crippen molar-refractivity contribution < 1.29 is 17.9 Å². The lowest BCUT2D eigenvalue weighted by atomic mass is 10.2. The first-order chi connectivity index (χ1) is 12.8. The molecule has 0 amide bonds. The highest BCUT2D eigenvalue weighted by Gasteiger charge is 2.19. The molecule has 1 aromatic heterocycles. The summed E-state index contributed by atoms with van der Waals surface area (Å²) in [4.78, 5) is 31.4. The summed E-state index contributed by atoms with van der Waals surface area (Å²) in [6.45, 7) is 1.57. The van der Waals surface area contributed by atoms with Gasteiger partial charge in [-0.05, 0) is 44.3 Å². The van der Waals surface area contributed by atoms with Gasteiger partial charge in [0.2, 0.25) is 10.0 Å². The third-order valence-electron chi connectivity index (χ3n) is 3.95. The van der Waals surface area contributed by atoms with E-state index in [1.807, 2.05) is 0 Å². The number of ether oxygens (including phenoxy) is 1. The standard InChI is InChI=1S/C18H17N3O5S/c1-11(16-20-15-9-4-3-8-14(15)17(22)21-16)26-18(23)12-6-5-7-13(10-12)27(24,25)19-2/h3-11,19H,1-2H3,(H,20,21,22)/t11-/m0/s1. The number of nitrogens with zero attached hydrogens (tertiary/aromatic N) is 1. The monoisotopic (exact) mass is 387 g/mol. The minimum Gasteiger partial charge on any atom is -0.451 e. The summed E-state index contributed by atoms with van der Waals surface area (Å²) >= 11 is 0. The van der Waals surface area contributed by atoms with Crippen LogP contribution in [0.5, 0.6) is 0 Å². The van der Waals surface area contributed by atoms with E-state index in [1.165, 1.54) is 31.3 Å². The van der Waals surface area contributed by atoms with Crippen molar-refractivity contribution in [3.8, 4) is 0 Å². The van der Waals surface area contributed by atoms with Gasteiger partial charge in [0.25, 0.3) is 5.56 Å². The van der Waals surface area contributed by atoms with Crippen LogP contribution in [0.4, 0.5) is 0 Å². The minimum absolute atomic E-state index is 0.0515. The lowest BCUT2D eigenvalue weighted by Crippen LogP contribution is -2.20. The van der Waals surface area contributed by atoms with Crippen molar-refractivity contribution in [3.05, 3.63) is 70.3 Å². The van der Waals surface area contributed by atoms with E-state index >= 15 is 0 Å². The predicted molar refractivity (Wildman–Crippen MR) is 98.9 cm³/mol. The average Bonchev–Trinajstić information content (AvgIpc) is 2.68. The molecule has 1 atom stereocenters. The highest BCUT2D eigenvalue weighted by atomic mass is 32.2. The Kier molecular flexibility index (Phi) is 5.06. The molecule has 27 heavy (non-hydrogen) atoms. The number of esters is 1. The molecule has 3 aromatic rings. The molecule has 9 heteroatoms. The van der Waals surface area contributed by atoms with Crippen LogP contribution in [0.25, 0.3) is 10.9 Å². The Morgan fingerprint density at radius 1 is 1.19 bits per heavy atom. The molecule has 0 aliphatic carbocycles. The Hall–Kier alpha value is -3.04. The predicted octanol–water partition coefficient (Wildman–Crippen LogP) is 1.75. The Labute approximate surface area is 155 Å². The van der Waals surface area contributed by atoms with Crippen LogP contribution in [0.15, 0.2) is 58.2 Å². The first kappa shape index (κ1) is 18.7.